The molecule has 0 aromatic heterocycles. The predicted octanol–water partition coefficient (Wildman–Crippen LogP) is 3.49. The fourth-order valence-corrected chi connectivity index (χ4v) is 2.55. The molecule has 26 heavy (non-hydrogen) atoms. The molecule has 2 rings (SSSR count). The molecule has 0 saturated heterocycles. The zero-order chi connectivity index (χ0) is 18.8. The fraction of sp³-hybridized carbons (Fsp3) is 0.333. The number of aryl methyl sites for hydroxylation is 2. The highest BCUT2D eigenvalue weighted by atomic mass is 16.5. The molecule has 2 N–H and O–H groups in total. The van der Waals surface area contributed by atoms with Gasteiger partial charge in [0.25, 0.3) is 0 Å². The molecule has 0 fully saturated rings. The molecular weight excluding hydrogens is 330 g/mol. The molecule has 0 bridgehead atoms. The zero-order valence-corrected chi connectivity index (χ0v) is 15.0. The average molecular weight is 355 g/mol. The van der Waals surface area contributed by atoms with E-state index in [0.29, 0.717) is 18.7 Å². The number of aliphatic carboxylic acids is 1. The lowest BCUT2D eigenvalue weighted by Gasteiger charge is -2.08. The summed E-state index contributed by atoms with van der Waals surface area (Å²) < 4.78 is 5.13. The number of carboxylic acids is 1. The molecule has 0 spiro atoms. The van der Waals surface area contributed by atoms with E-state index in [4.69, 9.17) is 9.84 Å². The summed E-state index contributed by atoms with van der Waals surface area (Å²) in [7, 11) is 0. The standard InChI is InChI=1S/C21H25NO4/c1-16-9-11-17(12-10-16)5-2-3-8-20(23)22-14-18-6-4-7-19(13-18)26-15-21(24)25/h4,6-7,9-13H,2-3,5,8,14-15H2,1H3,(H,22,23)(H,24,25). The van der Waals surface area contributed by atoms with Gasteiger partial charge in [-0.15, -0.1) is 0 Å². The Balaban J connectivity index is 1.66. The highest BCUT2D eigenvalue weighted by molar-refractivity contribution is 5.75. The highest BCUT2D eigenvalue weighted by Crippen LogP contribution is 2.13. The van der Waals surface area contributed by atoms with Crippen LogP contribution in [-0.4, -0.2) is 23.6 Å². The maximum Gasteiger partial charge on any atom is 0.341 e. The molecular formula is C21H25NO4. The lowest BCUT2D eigenvalue weighted by molar-refractivity contribution is -0.139. The van der Waals surface area contributed by atoms with Crippen LogP contribution in [0.1, 0.15) is 36.0 Å². The van der Waals surface area contributed by atoms with Gasteiger partial charge in [-0.1, -0.05) is 42.0 Å². The first-order valence-corrected chi connectivity index (χ1v) is 8.79. The van der Waals surface area contributed by atoms with Crippen LogP contribution >= 0.6 is 0 Å². The number of hydrogen-bond acceptors (Lipinski definition) is 3. The lowest BCUT2D eigenvalue weighted by atomic mass is 10.1. The van der Waals surface area contributed by atoms with E-state index in [1.807, 2.05) is 6.07 Å². The Labute approximate surface area is 154 Å². The third kappa shape index (κ3) is 7.38. The molecule has 0 atom stereocenters. The van der Waals surface area contributed by atoms with E-state index < -0.39 is 5.97 Å². The quantitative estimate of drug-likeness (QED) is 0.640. The Morgan fingerprint density at radius 3 is 2.54 bits per heavy atom. The van der Waals surface area contributed by atoms with E-state index in [-0.39, 0.29) is 12.5 Å². The van der Waals surface area contributed by atoms with Crippen molar-refractivity contribution in [1.29, 1.82) is 0 Å². The van der Waals surface area contributed by atoms with Gasteiger partial charge < -0.3 is 15.2 Å². The van der Waals surface area contributed by atoms with Crippen molar-refractivity contribution in [2.75, 3.05) is 6.61 Å². The third-order valence-electron chi connectivity index (χ3n) is 3.99. The number of benzene rings is 2. The first kappa shape index (κ1) is 19.5. The highest BCUT2D eigenvalue weighted by Gasteiger charge is 2.04. The van der Waals surface area contributed by atoms with E-state index in [1.54, 1.807) is 18.2 Å². The second kappa shape index (κ2) is 10.2. The summed E-state index contributed by atoms with van der Waals surface area (Å²) >= 11 is 0. The Hall–Kier alpha value is -2.82. The van der Waals surface area contributed by atoms with Gasteiger partial charge in [-0.2, -0.15) is 0 Å². The number of rotatable bonds is 10. The maximum absolute atomic E-state index is 12.0. The minimum Gasteiger partial charge on any atom is -0.482 e. The number of unbranched alkanes of at least 4 members (excludes halogenated alkanes) is 1. The van der Waals surface area contributed by atoms with Crippen molar-refractivity contribution in [3.63, 3.8) is 0 Å². The molecule has 2 aromatic carbocycles. The van der Waals surface area contributed by atoms with Crippen molar-refractivity contribution >= 4 is 11.9 Å². The molecule has 138 valence electrons. The molecule has 1 amide bonds. The molecule has 0 saturated carbocycles. The van der Waals surface area contributed by atoms with Gasteiger partial charge in [0.05, 0.1) is 0 Å². The smallest absolute Gasteiger partial charge is 0.341 e. The topological polar surface area (TPSA) is 75.6 Å². The second-order valence-corrected chi connectivity index (χ2v) is 6.30. The Morgan fingerprint density at radius 2 is 1.81 bits per heavy atom. The second-order valence-electron chi connectivity index (χ2n) is 6.30. The molecule has 5 nitrogen and oxygen atoms in total. The summed E-state index contributed by atoms with van der Waals surface area (Å²) in [6, 6.07) is 15.6. The van der Waals surface area contributed by atoms with Gasteiger partial charge in [0.2, 0.25) is 5.91 Å². The Kier molecular flexibility index (Phi) is 7.68. The SMILES string of the molecule is Cc1ccc(CCCCC(=O)NCc2cccc(OCC(=O)O)c2)cc1. The number of amides is 1. The molecule has 0 aliphatic rings. The molecule has 0 unspecified atom stereocenters. The average Bonchev–Trinajstić information content (AvgIpc) is 2.64. The van der Waals surface area contributed by atoms with Gasteiger partial charge in [0.1, 0.15) is 5.75 Å². The van der Waals surface area contributed by atoms with Crippen LogP contribution in [0.5, 0.6) is 5.75 Å². The van der Waals surface area contributed by atoms with Crippen molar-refractivity contribution in [1.82, 2.24) is 5.32 Å². The van der Waals surface area contributed by atoms with Crippen molar-refractivity contribution in [3.05, 3.63) is 65.2 Å². The monoisotopic (exact) mass is 355 g/mol. The number of ether oxygens (including phenoxy) is 1. The third-order valence-corrected chi connectivity index (χ3v) is 3.99. The molecule has 0 radical (unpaired) electrons. The summed E-state index contributed by atoms with van der Waals surface area (Å²) in [4.78, 5) is 22.5. The van der Waals surface area contributed by atoms with E-state index in [0.717, 1.165) is 24.8 Å². The van der Waals surface area contributed by atoms with Crippen LogP contribution in [0.25, 0.3) is 0 Å². The first-order valence-electron chi connectivity index (χ1n) is 8.79. The van der Waals surface area contributed by atoms with Gasteiger partial charge in [-0.3, -0.25) is 4.79 Å². The van der Waals surface area contributed by atoms with E-state index in [2.05, 4.69) is 36.5 Å². The van der Waals surface area contributed by atoms with Gasteiger partial charge in [-0.25, -0.2) is 4.79 Å². The molecule has 5 heteroatoms. The largest absolute Gasteiger partial charge is 0.482 e. The maximum atomic E-state index is 12.0. The summed E-state index contributed by atoms with van der Waals surface area (Å²) in [5.41, 5.74) is 3.43. The number of hydrogen-bond donors (Lipinski definition) is 2. The fourth-order valence-electron chi connectivity index (χ4n) is 2.55. The van der Waals surface area contributed by atoms with Crippen molar-refractivity contribution in [3.8, 4) is 5.75 Å². The molecule has 2 aromatic rings. The van der Waals surface area contributed by atoms with Crippen LogP contribution < -0.4 is 10.1 Å². The van der Waals surface area contributed by atoms with Crippen LogP contribution in [0.4, 0.5) is 0 Å². The Bertz CT molecular complexity index is 725. The molecule has 0 heterocycles. The van der Waals surface area contributed by atoms with Crippen molar-refractivity contribution in [2.24, 2.45) is 0 Å². The van der Waals surface area contributed by atoms with Gasteiger partial charge in [-0.05, 0) is 49.4 Å². The normalized spacial score (nSPS) is 10.3. The summed E-state index contributed by atoms with van der Waals surface area (Å²) in [6.45, 7) is 2.10. The Morgan fingerprint density at radius 1 is 1.04 bits per heavy atom. The first-order chi connectivity index (χ1) is 12.5. The van der Waals surface area contributed by atoms with Gasteiger partial charge in [0, 0.05) is 13.0 Å². The van der Waals surface area contributed by atoms with Crippen LogP contribution in [0, 0.1) is 6.92 Å². The summed E-state index contributed by atoms with van der Waals surface area (Å²) in [5, 5.41) is 11.5. The van der Waals surface area contributed by atoms with E-state index >= 15 is 0 Å². The van der Waals surface area contributed by atoms with Crippen LogP contribution in [0.3, 0.4) is 0 Å². The molecule has 0 aliphatic heterocycles. The van der Waals surface area contributed by atoms with Gasteiger partial charge in [0.15, 0.2) is 6.61 Å². The van der Waals surface area contributed by atoms with Crippen molar-refractivity contribution in [2.45, 2.75) is 39.2 Å². The van der Waals surface area contributed by atoms with E-state index in [9.17, 15) is 9.59 Å². The molecule has 0 aliphatic carbocycles. The number of carbonyl (C=O) groups is 2. The lowest BCUT2D eigenvalue weighted by Crippen LogP contribution is -2.22. The zero-order valence-electron chi connectivity index (χ0n) is 15.0. The van der Waals surface area contributed by atoms with Crippen LogP contribution in [-0.2, 0) is 22.6 Å². The van der Waals surface area contributed by atoms with Crippen LogP contribution in [0.15, 0.2) is 48.5 Å². The minimum absolute atomic E-state index is 0.0192. The van der Waals surface area contributed by atoms with Crippen molar-refractivity contribution < 1.29 is 19.4 Å². The summed E-state index contributed by atoms with van der Waals surface area (Å²) in [5.74, 6) is -0.516. The number of nitrogens with one attached hydrogen (secondary N) is 1. The minimum atomic E-state index is -1.02. The predicted molar refractivity (Wildman–Crippen MR) is 100 cm³/mol. The summed E-state index contributed by atoms with van der Waals surface area (Å²) in [6.07, 6.45) is 3.31. The van der Waals surface area contributed by atoms with E-state index in [1.165, 1.54) is 11.1 Å². The number of carboxylic acid groups (broad SMARTS) is 1. The number of carbonyl (C=O) groups excluding carboxylic acids is 1. The van der Waals surface area contributed by atoms with Crippen LogP contribution in [0.2, 0.25) is 0 Å². The van der Waals surface area contributed by atoms with Gasteiger partial charge >= 0.3 is 5.97 Å².